The molecule has 0 aliphatic carbocycles. The minimum atomic E-state index is -2.53. The molecule has 0 radical (unpaired) electrons. The van der Waals surface area contributed by atoms with Gasteiger partial charge in [-0.25, -0.2) is 0 Å². The number of carboxylic acids is 1. The normalized spacial score (nSPS) is 10.6. The van der Waals surface area contributed by atoms with Crippen molar-refractivity contribution in [2.45, 2.75) is 4.90 Å². The topological polar surface area (TPSA) is 80.3 Å². The second-order valence-electron chi connectivity index (χ2n) is 2.02. The summed E-state index contributed by atoms with van der Waals surface area (Å²) in [6.45, 7) is 0. The molecule has 0 spiro atoms. The monoisotopic (exact) mass is 230 g/mol. The summed E-state index contributed by atoms with van der Waals surface area (Å²) < 4.78 is 20.9. The first kappa shape index (κ1) is 17.2. The van der Waals surface area contributed by atoms with E-state index in [0.29, 0.717) is 0 Å². The molecule has 0 aliphatic heterocycles. The molecule has 4 nitrogen and oxygen atoms in total. The summed E-state index contributed by atoms with van der Waals surface area (Å²) in [5.74, 6) is -1.49. The van der Waals surface area contributed by atoms with Gasteiger partial charge >= 0.3 is 59.1 Å². The van der Waals surface area contributed by atoms with E-state index >= 15 is 0 Å². The molecule has 0 saturated carbocycles. The third-order valence-corrected chi connectivity index (χ3v) is 2.00. The van der Waals surface area contributed by atoms with E-state index < -0.39 is 17.0 Å². The van der Waals surface area contributed by atoms with Crippen molar-refractivity contribution in [3.05, 3.63) is 29.8 Å². The predicted molar refractivity (Wildman–Crippen MR) is 38.0 cm³/mol. The Kier molecular flexibility index (Phi) is 9.84. The molecule has 0 N–H and O–H groups in total. The van der Waals surface area contributed by atoms with Crippen LogP contribution in [-0.4, -0.2) is 14.7 Å². The van der Waals surface area contributed by atoms with Gasteiger partial charge in [0.15, 0.2) is 0 Å². The molecule has 1 atom stereocenters. The second-order valence-corrected chi connectivity index (χ2v) is 2.93. The number of hydrogen-bond acceptors (Lipinski definition) is 4. The second kappa shape index (κ2) is 8.01. The number of hydrogen-bond donors (Lipinski definition) is 0. The van der Waals surface area contributed by atoms with Gasteiger partial charge in [-0.1, -0.05) is 18.2 Å². The molecule has 64 valence electrons. The maximum absolute atomic E-state index is 10.4. The number of aromatic carboxylic acids is 1. The molecule has 14 heavy (non-hydrogen) atoms. The van der Waals surface area contributed by atoms with Crippen molar-refractivity contribution in [1.82, 2.24) is 0 Å². The fourth-order valence-electron chi connectivity index (χ4n) is 0.781. The Morgan fingerprint density at radius 2 is 1.71 bits per heavy atom. The number of rotatable bonds is 2. The molecule has 0 amide bonds. The molecule has 0 saturated heterocycles. The molecule has 0 heterocycles. The minimum Gasteiger partial charge on any atom is -0.768 e. The van der Waals surface area contributed by atoms with Gasteiger partial charge in [-0.3, -0.25) is 4.21 Å². The number of benzene rings is 1. The van der Waals surface area contributed by atoms with Crippen molar-refractivity contribution in [2.75, 3.05) is 0 Å². The van der Waals surface area contributed by atoms with Gasteiger partial charge in [0, 0.05) is 10.5 Å². The summed E-state index contributed by atoms with van der Waals surface area (Å²) in [5, 5.41) is 10.3. The Morgan fingerprint density at radius 3 is 2.07 bits per heavy atom. The van der Waals surface area contributed by atoms with Gasteiger partial charge in [0.05, 0.1) is 5.97 Å². The molecule has 0 fully saturated rings. The zero-order valence-electron chi connectivity index (χ0n) is 7.85. The average molecular weight is 230 g/mol. The van der Waals surface area contributed by atoms with Crippen molar-refractivity contribution in [3.63, 3.8) is 0 Å². The smallest absolute Gasteiger partial charge is 0.768 e. The van der Waals surface area contributed by atoms with Crippen LogP contribution in [0.4, 0.5) is 0 Å². The van der Waals surface area contributed by atoms with Crippen LogP contribution < -0.4 is 64.2 Å². The Labute approximate surface area is 128 Å². The fourth-order valence-corrected chi connectivity index (χ4v) is 1.30. The summed E-state index contributed by atoms with van der Waals surface area (Å²) in [5.41, 5.74) is -0.314. The van der Waals surface area contributed by atoms with Crippen LogP contribution in [0.25, 0.3) is 0 Å². The Morgan fingerprint density at radius 1 is 1.21 bits per heavy atom. The van der Waals surface area contributed by atoms with E-state index in [1.807, 2.05) is 0 Å². The molecule has 0 aromatic heterocycles. The third-order valence-electron chi connectivity index (χ3n) is 1.29. The molecule has 0 bridgehead atoms. The Balaban J connectivity index is 0. The maximum atomic E-state index is 10.4. The Hall–Kier alpha value is 0.800. The predicted octanol–water partition coefficient (Wildman–Crippen LogP) is -6.70. The van der Waals surface area contributed by atoms with Crippen molar-refractivity contribution in [1.29, 1.82) is 0 Å². The Bertz CT molecular complexity index is 309. The van der Waals surface area contributed by atoms with Crippen LogP contribution >= 0.6 is 0 Å². The molecular weight excluding hydrogens is 226 g/mol. The van der Waals surface area contributed by atoms with Crippen LogP contribution in [0.3, 0.4) is 0 Å². The van der Waals surface area contributed by atoms with Crippen molar-refractivity contribution in [3.8, 4) is 0 Å². The van der Waals surface area contributed by atoms with E-state index in [1.165, 1.54) is 24.3 Å². The number of carboxylic acid groups (broad SMARTS) is 1. The summed E-state index contributed by atoms with van der Waals surface area (Å²) >= 11 is -2.53. The third kappa shape index (κ3) is 4.55. The van der Waals surface area contributed by atoms with Gasteiger partial charge in [0.25, 0.3) is 0 Å². The van der Waals surface area contributed by atoms with E-state index in [1.54, 1.807) is 0 Å². The van der Waals surface area contributed by atoms with E-state index in [2.05, 4.69) is 0 Å². The van der Waals surface area contributed by atoms with Gasteiger partial charge in [0.2, 0.25) is 0 Å². The van der Waals surface area contributed by atoms with Gasteiger partial charge in [0.1, 0.15) is 0 Å². The summed E-state index contributed by atoms with van der Waals surface area (Å²) in [6.07, 6.45) is 0. The number of carbonyl (C=O) groups excluding carboxylic acids is 1. The summed E-state index contributed by atoms with van der Waals surface area (Å²) in [7, 11) is 0. The van der Waals surface area contributed by atoms with Crippen LogP contribution in [0.5, 0.6) is 0 Å². The first-order valence-electron chi connectivity index (χ1n) is 3.02. The van der Waals surface area contributed by atoms with Crippen LogP contribution in [0.1, 0.15) is 10.4 Å². The fraction of sp³-hybridized carbons (Fsp3) is 0. The van der Waals surface area contributed by atoms with Gasteiger partial charge in [-0.15, -0.1) is 0 Å². The molecule has 1 aromatic rings. The van der Waals surface area contributed by atoms with Gasteiger partial charge in [-0.2, -0.15) is 0 Å². The average Bonchev–Trinajstić information content (AvgIpc) is 2.04. The van der Waals surface area contributed by atoms with Gasteiger partial charge in [-0.05, 0) is 17.1 Å². The standard InChI is InChI=1S/C7H6O4S.2Na/c8-7(9)5-3-1-2-4-6(5)12(10)11;;/h1-4H,(H,8,9)(H,10,11);;/q;2*+1/p-2. The van der Waals surface area contributed by atoms with Crippen molar-refractivity contribution in [2.24, 2.45) is 0 Å². The zero-order chi connectivity index (χ0) is 9.14. The minimum absolute atomic E-state index is 0. The maximum Gasteiger partial charge on any atom is 1.00 e. The zero-order valence-corrected chi connectivity index (χ0v) is 12.7. The van der Waals surface area contributed by atoms with Crippen LogP contribution in [-0.2, 0) is 11.1 Å². The van der Waals surface area contributed by atoms with E-state index in [-0.39, 0.29) is 69.6 Å². The van der Waals surface area contributed by atoms with Gasteiger partial charge < -0.3 is 14.5 Å². The summed E-state index contributed by atoms with van der Waals surface area (Å²) in [6, 6.07) is 5.26. The molecular formula is C7H4Na2O4S. The molecule has 1 aromatic carbocycles. The molecule has 1 rings (SSSR count). The summed E-state index contributed by atoms with van der Waals surface area (Å²) in [4.78, 5) is 10.1. The molecule has 1 unspecified atom stereocenters. The van der Waals surface area contributed by atoms with Crippen LogP contribution in [0, 0.1) is 0 Å². The first-order chi connectivity index (χ1) is 5.63. The quantitative estimate of drug-likeness (QED) is 0.373. The number of carbonyl (C=O) groups is 1. The van der Waals surface area contributed by atoms with Crippen molar-refractivity contribution >= 4 is 17.0 Å². The van der Waals surface area contributed by atoms with E-state index in [9.17, 15) is 18.7 Å². The SMILES string of the molecule is O=C([O-])c1ccccc1S(=O)[O-].[Na+].[Na+]. The van der Waals surface area contributed by atoms with Crippen LogP contribution in [0.2, 0.25) is 0 Å². The van der Waals surface area contributed by atoms with E-state index in [0.717, 1.165) is 0 Å². The first-order valence-corrected chi connectivity index (χ1v) is 4.10. The van der Waals surface area contributed by atoms with Crippen LogP contribution in [0.15, 0.2) is 29.2 Å². The molecule has 7 heteroatoms. The van der Waals surface area contributed by atoms with E-state index in [4.69, 9.17) is 0 Å². The largest absolute Gasteiger partial charge is 1.00 e. The molecule has 0 aliphatic rings. The van der Waals surface area contributed by atoms with Crippen molar-refractivity contribution < 1.29 is 77.8 Å².